The van der Waals surface area contributed by atoms with Gasteiger partial charge in [-0.2, -0.15) is 0 Å². The number of hydrogen-bond acceptors (Lipinski definition) is 2. The van der Waals surface area contributed by atoms with E-state index in [9.17, 15) is 4.79 Å². The molecule has 0 aliphatic rings. The van der Waals surface area contributed by atoms with Gasteiger partial charge in [-0.3, -0.25) is 4.79 Å². The summed E-state index contributed by atoms with van der Waals surface area (Å²) in [4.78, 5) is 11.9. The van der Waals surface area contributed by atoms with Crippen molar-refractivity contribution >= 4 is 11.9 Å². The average Bonchev–Trinajstić information content (AvgIpc) is 2.75. The summed E-state index contributed by atoms with van der Waals surface area (Å²) in [5, 5.41) is 0. The van der Waals surface area contributed by atoms with E-state index in [1.807, 2.05) is 49.4 Å². The summed E-state index contributed by atoms with van der Waals surface area (Å²) in [7, 11) is 0. The normalized spacial score (nSPS) is 11.5. The molecule has 0 N–H and O–H groups in total. The van der Waals surface area contributed by atoms with Crippen LogP contribution in [0, 0.1) is 13.8 Å². The van der Waals surface area contributed by atoms with Crippen molar-refractivity contribution in [3.8, 4) is 0 Å². The average molecular weight is 252 g/mol. The Balaban J connectivity index is 2.02. The summed E-state index contributed by atoms with van der Waals surface area (Å²) in [6.07, 6.45) is 7.11. The molecule has 0 radical (unpaired) electrons. The number of rotatable bonds is 4. The molecule has 19 heavy (non-hydrogen) atoms. The Morgan fingerprint density at radius 2 is 1.84 bits per heavy atom. The van der Waals surface area contributed by atoms with E-state index >= 15 is 0 Å². The molecule has 1 aromatic carbocycles. The maximum Gasteiger partial charge on any atom is 0.189 e. The molecule has 1 heterocycles. The fourth-order valence-electron chi connectivity index (χ4n) is 1.84. The molecule has 2 rings (SSSR count). The van der Waals surface area contributed by atoms with Gasteiger partial charge in [0.05, 0.1) is 5.56 Å². The second-order valence-electron chi connectivity index (χ2n) is 4.32. The Hall–Kier alpha value is -2.35. The van der Waals surface area contributed by atoms with E-state index in [1.165, 1.54) is 0 Å². The number of hydrogen-bond donors (Lipinski definition) is 0. The first-order chi connectivity index (χ1) is 9.16. The predicted octanol–water partition coefficient (Wildman–Crippen LogP) is 4.35. The van der Waals surface area contributed by atoms with E-state index in [4.69, 9.17) is 4.42 Å². The Labute approximate surface area is 113 Å². The summed E-state index contributed by atoms with van der Waals surface area (Å²) in [6.45, 7) is 3.64. The van der Waals surface area contributed by atoms with Crippen molar-refractivity contribution in [2.45, 2.75) is 13.8 Å². The second-order valence-corrected chi connectivity index (χ2v) is 4.32. The molecule has 0 bridgehead atoms. The highest BCUT2D eigenvalue weighted by molar-refractivity contribution is 6.05. The van der Waals surface area contributed by atoms with Gasteiger partial charge in [0, 0.05) is 0 Å². The van der Waals surface area contributed by atoms with Gasteiger partial charge in [0.2, 0.25) is 0 Å². The minimum absolute atomic E-state index is 0.0351. The van der Waals surface area contributed by atoms with E-state index in [0.29, 0.717) is 11.3 Å². The van der Waals surface area contributed by atoms with Crippen LogP contribution in [0.1, 0.15) is 27.4 Å². The van der Waals surface area contributed by atoms with E-state index < -0.39 is 0 Å². The van der Waals surface area contributed by atoms with Crippen LogP contribution in [-0.4, -0.2) is 5.78 Å². The minimum Gasteiger partial charge on any atom is -0.466 e. The Morgan fingerprint density at radius 3 is 2.47 bits per heavy atom. The number of carbonyl (C=O) groups is 1. The molecule has 2 heteroatoms. The molecule has 1 aromatic heterocycles. The molecule has 2 nitrogen and oxygen atoms in total. The van der Waals surface area contributed by atoms with Crippen LogP contribution in [0.3, 0.4) is 0 Å². The Morgan fingerprint density at radius 1 is 1.11 bits per heavy atom. The van der Waals surface area contributed by atoms with Crippen molar-refractivity contribution in [3.63, 3.8) is 0 Å². The molecule has 0 fully saturated rings. The van der Waals surface area contributed by atoms with Gasteiger partial charge in [-0.05, 0) is 31.6 Å². The molecule has 96 valence electrons. The third kappa shape index (κ3) is 3.55. The zero-order valence-electron chi connectivity index (χ0n) is 11.1. The smallest absolute Gasteiger partial charge is 0.189 e. The van der Waals surface area contributed by atoms with Crippen molar-refractivity contribution in [1.29, 1.82) is 0 Å². The SMILES string of the molecule is Cc1cc(C(=O)/C=C/C=C/c2ccccc2)c(C)o1. The van der Waals surface area contributed by atoms with Crippen molar-refractivity contribution in [3.05, 3.63) is 77.3 Å². The molecule has 0 spiro atoms. The fourth-order valence-corrected chi connectivity index (χ4v) is 1.84. The first kappa shape index (κ1) is 13.1. The number of furan rings is 1. The maximum absolute atomic E-state index is 11.9. The molecule has 0 saturated carbocycles. The molecule has 0 saturated heterocycles. The van der Waals surface area contributed by atoms with Gasteiger partial charge < -0.3 is 4.42 Å². The number of benzene rings is 1. The minimum atomic E-state index is -0.0351. The lowest BCUT2D eigenvalue weighted by Gasteiger charge is -1.90. The van der Waals surface area contributed by atoms with Gasteiger partial charge in [-0.15, -0.1) is 0 Å². The highest BCUT2D eigenvalue weighted by Crippen LogP contribution is 2.14. The van der Waals surface area contributed by atoms with Crippen LogP contribution in [-0.2, 0) is 0 Å². The van der Waals surface area contributed by atoms with Crippen LogP contribution in [0.4, 0.5) is 0 Å². The van der Waals surface area contributed by atoms with Gasteiger partial charge in [-0.1, -0.05) is 48.6 Å². The zero-order chi connectivity index (χ0) is 13.7. The van der Waals surface area contributed by atoms with Crippen LogP contribution in [0.15, 0.2) is 59.0 Å². The molecule has 0 amide bonds. The van der Waals surface area contributed by atoms with Crippen LogP contribution in [0.5, 0.6) is 0 Å². The number of carbonyl (C=O) groups excluding carboxylic acids is 1. The van der Waals surface area contributed by atoms with Gasteiger partial charge >= 0.3 is 0 Å². The maximum atomic E-state index is 11.9. The van der Waals surface area contributed by atoms with E-state index in [-0.39, 0.29) is 5.78 Å². The largest absolute Gasteiger partial charge is 0.466 e. The zero-order valence-corrected chi connectivity index (χ0v) is 11.1. The van der Waals surface area contributed by atoms with E-state index in [1.54, 1.807) is 25.1 Å². The predicted molar refractivity (Wildman–Crippen MR) is 77.1 cm³/mol. The topological polar surface area (TPSA) is 30.2 Å². The van der Waals surface area contributed by atoms with Crippen LogP contribution < -0.4 is 0 Å². The molecular weight excluding hydrogens is 236 g/mol. The second kappa shape index (κ2) is 6.01. The summed E-state index contributed by atoms with van der Waals surface area (Å²) < 4.78 is 5.34. The van der Waals surface area contributed by atoms with Gasteiger partial charge in [0.25, 0.3) is 0 Å². The molecular formula is C17H16O2. The van der Waals surface area contributed by atoms with Crippen molar-refractivity contribution < 1.29 is 9.21 Å². The molecule has 0 aliphatic heterocycles. The van der Waals surface area contributed by atoms with Gasteiger partial charge in [-0.25, -0.2) is 0 Å². The molecule has 2 aromatic rings. The molecule has 0 unspecified atom stereocenters. The quantitative estimate of drug-likeness (QED) is 0.460. The standard InChI is InChI=1S/C17H16O2/c1-13-12-16(14(2)19-13)17(18)11-7-6-10-15-8-4-3-5-9-15/h3-12H,1-2H3/b10-6+,11-7+. The molecule has 0 atom stereocenters. The van der Waals surface area contributed by atoms with Gasteiger partial charge in [0.1, 0.15) is 11.5 Å². The van der Waals surface area contributed by atoms with Crippen LogP contribution >= 0.6 is 0 Å². The highest BCUT2D eigenvalue weighted by atomic mass is 16.3. The summed E-state index contributed by atoms with van der Waals surface area (Å²) >= 11 is 0. The summed E-state index contributed by atoms with van der Waals surface area (Å²) in [5.74, 6) is 1.39. The fraction of sp³-hybridized carbons (Fsp3) is 0.118. The highest BCUT2D eigenvalue weighted by Gasteiger charge is 2.09. The Bertz CT molecular complexity index is 616. The third-order valence-corrected chi connectivity index (χ3v) is 2.75. The lowest BCUT2D eigenvalue weighted by molar-refractivity contribution is 0.104. The first-order valence-electron chi connectivity index (χ1n) is 6.18. The molecule has 0 aliphatic carbocycles. The van der Waals surface area contributed by atoms with E-state index in [2.05, 4.69) is 0 Å². The summed E-state index contributed by atoms with van der Waals surface area (Å²) in [5.41, 5.74) is 1.73. The van der Waals surface area contributed by atoms with E-state index in [0.717, 1.165) is 11.3 Å². The van der Waals surface area contributed by atoms with Crippen molar-refractivity contribution in [1.82, 2.24) is 0 Å². The van der Waals surface area contributed by atoms with Crippen molar-refractivity contribution in [2.75, 3.05) is 0 Å². The summed E-state index contributed by atoms with van der Waals surface area (Å²) in [6, 6.07) is 11.7. The van der Waals surface area contributed by atoms with Crippen molar-refractivity contribution in [2.24, 2.45) is 0 Å². The Kier molecular flexibility index (Phi) is 4.14. The number of allylic oxidation sites excluding steroid dienone is 3. The van der Waals surface area contributed by atoms with Crippen LogP contribution in [0.25, 0.3) is 6.08 Å². The first-order valence-corrected chi connectivity index (χ1v) is 6.18. The van der Waals surface area contributed by atoms with Gasteiger partial charge in [0.15, 0.2) is 5.78 Å². The number of aryl methyl sites for hydroxylation is 2. The van der Waals surface area contributed by atoms with Crippen LogP contribution in [0.2, 0.25) is 0 Å². The monoisotopic (exact) mass is 252 g/mol. The number of ketones is 1. The lowest BCUT2D eigenvalue weighted by atomic mass is 10.1. The third-order valence-electron chi connectivity index (χ3n) is 2.75. The lowest BCUT2D eigenvalue weighted by Crippen LogP contribution is -1.93.